The summed E-state index contributed by atoms with van der Waals surface area (Å²) in [5.41, 5.74) is 0. The van der Waals surface area contributed by atoms with E-state index in [-0.39, 0.29) is 0 Å². The molecule has 29 heavy (non-hydrogen) atoms. The number of thiophene rings is 1. The summed E-state index contributed by atoms with van der Waals surface area (Å²) in [4.78, 5) is 4.48. The van der Waals surface area contributed by atoms with E-state index in [1.54, 1.807) is 17.5 Å². The predicted octanol–water partition coefficient (Wildman–Crippen LogP) is 3.03. The van der Waals surface area contributed by atoms with Gasteiger partial charge in [0.15, 0.2) is 5.82 Å². The summed E-state index contributed by atoms with van der Waals surface area (Å²) < 4.78 is 44.5. The Morgan fingerprint density at radius 3 is 2.90 bits per heavy atom. The number of ether oxygens (including phenoxy) is 2. The molecule has 0 N–H and O–H groups in total. The van der Waals surface area contributed by atoms with Gasteiger partial charge >= 0.3 is 0 Å². The average molecular weight is 442 g/mol. The van der Waals surface area contributed by atoms with Gasteiger partial charge in [-0.3, -0.25) is 0 Å². The van der Waals surface area contributed by atoms with E-state index in [9.17, 15) is 8.42 Å². The van der Waals surface area contributed by atoms with Crippen LogP contribution >= 0.6 is 11.3 Å². The van der Waals surface area contributed by atoms with Crippen molar-refractivity contribution in [2.24, 2.45) is 5.92 Å². The third-order valence-electron chi connectivity index (χ3n) is 5.45. The molecule has 1 unspecified atom stereocenters. The lowest BCUT2D eigenvalue weighted by molar-refractivity contribution is 0.0211. The summed E-state index contributed by atoms with van der Waals surface area (Å²) >= 11 is 1.23. The molecule has 1 atom stereocenters. The van der Waals surface area contributed by atoms with Gasteiger partial charge in [0.1, 0.15) is 10.3 Å². The summed E-state index contributed by atoms with van der Waals surface area (Å²) in [6.07, 6.45) is 5.10. The van der Waals surface area contributed by atoms with Gasteiger partial charge in [0.05, 0.1) is 6.61 Å². The first-order valence-corrected chi connectivity index (χ1v) is 12.5. The summed E-state index contributed by atoms with van der Waals surface area (Å²) in [6.45, 7) is 3.35. The molecule has 0 aliphatic carbocycles. The number of hydrogen-bond donors (Lipinski definition) is 0. The molecular formula is C19H27N3O5S2. The number of hydrogen-bond acceptors (Lipinski definition) is 8. The van der Waals surface area contributed by atoms with Gasteiger partial charge in [0, 0.05) is 32.8 Å². The van der Waals surface area contributed by atoms with Crippen molar-refractivity contribution in [2.45, 2.75) is 48.8 Å². The highest BCUT2D eigenvalue weighted by atomic mass is 32.2. The molecule has 0 spiro atoms. The molecule has 2 aliphatic heterocycles. The van der Waals surface area contributed by atoms with E-state index < -0.39 is 16.1 Å². The Hall–Kier alpha value is -1.33. The van der Waals surface area contributed by atoms with E-state index >= 15 is 0 Å². The van der Waals surface area contributed by atoms with Crippen LogP contribution in [-0.4, -0.2) is 55.8 Å². The maximum atomic E-state index is 13.0. The Bertz CT molecular complexity index is 862. The summed E-state index contributed by atoms with van der Waals surface area (Å²) in [5.74, 6) is 1.50. The van der Waals surface area contributed by atoms with Crippen LogP contribution in [0.25, 0.3) is 0 Å². The highest BCUT2D eigenvalue weighted by molar-refractivity contribution is 7.91. The van der Waals surface area contributed by atoms with Gasteiger partial charge in [-0.25, -0.2) is 8.42 Å². The van der Waals surface area contributed by atoms with E-state index in [1.165, 1.54) is 15.6 Å². The minimum absolute atomic E-state index is 0.352. The molecule has 8 nitrogen and oxygen atoms in total. The van der Waals surface area contributed by atoms with E-state index in [0.29, 0.717) is 47.8 Å². The third kappa shape index (κ3) is 5.05. The molecule has 0 bridgehead atoms. The Balaban J connectivity index is 1.35. The highest BCUT2D eigenvalue weighted by Gasteiger charge is 2.38. The van der Waals surface area contributed by atoms with Crippen molar-refractivity contribution in [2.75, 3.05) is 33.0 Å². The molecule has 0 aromatic carbocycles. The molecule has 0 radical (unpaired) electrons. The molecule has 2 fully saturated rings. The van der Waals surface area contributed by atoms with Crippen LogP contribution in [0.15, 0.2) is 26.2 Å². The van der Waals surface area contributed by atoms with E-state index in [4.69, 9.17) is 14.0 Å². The summed E-state index contributed by atoms with van der Waals surface area (Å²) in [5, 5.41) is 5.82. The van der Waals surface area contributed by atoms with Crippen LogP contribution in [0.5, 0.6) is 0 Å². The van der Waals surface area contributed by atoms with Crippen molar-refractivity contribution in [1.29, 1.82) is 0 Å². The normalized spacial score (nSPS) is 22.1. The second-order valence-electron chi connectivity index (χ2n) is 7.49. The van der Waals surface area contributed by atoms with Crippen molar-refractivity contribution in [1.82, 2.24) is 14.4 Å². The fourth-order valence-corrected chi connectivity index (χ4v) is 6.57. The second-order valence-corrected chi connectivity index (χ2v) is 10.6. The molecule has 2 aromatic rings. The van der Waals surface area contributed by atoms with Crippen molar-refractivity contribution in [3.05, 3.63) is 29.2 Å². The van der Waals surface area contributed by atoms with Crippen LogP contribution in [-0.2, 0) is 25.9 Å². The van der Waals surface area contributed by atoms with Crippen LogP contribution in [0, 0.1) is 5.92 Å². The highest BCUT2D eigenvalue weighted by Crippen LogP contribution is 2.35. The zero-order chi connectivity index (χ0) is 20.1. The lowest BCUT2D eigenvalue weighted by Crippen LogP contribution is -2.38. The average Bonchev–Trinajstić information content (AvgIpc) is 3.45. The molecule has 10 heteroatoms. The first-order valence-electron chi connectivity index (χ1n) is 10.2. The number of nitrogens with zero attached hydrogens (tertiary/aromatic N) is 3. The topological polar surface area (TPSA) is 94.8 Å². The lowest BCUT2D eigenvalue weighted by atomic mass is 10.0. The third-order valence-corrected chi connectivity index (χ3v) is 8.73. The Morgan fingerprint density at radius 2 is 2.10 bits per heavy atom. The SMILES string of the molecule is O=S(=O)(c1cccs1)N1CCCCC1c1nc(CCOCC2CCOCC2)no1. The molecule has 4 rings (SSSR count). The van der Waals surface area contributed by atoms with Crippen LogP contribution < -0.4 is 0 Å². The van der Waals surface area contributed by atoms with Crippen LogP contribution in [0.1, 0.15) is 49.9 Å². The largest absolute Gasteiger partial charge is 0.381 e. The fourth-order valence-electron chi connectivity index (χ4n) is 3.80. The molecule has 2 aliphatic rings. The van der Waals surface area contributed by atoms with Gasteiger partial charge < -0.3 is 14.0 Å². The monoisotopic (exact) mass is 441 g/mol. The van der Waals surface area contributed by atoms with Crippen LogP contribution in [0.3, 0.4) is 0 Å². The van der Waals surface area contributed by atoms with Crippen molar-refractivity contribution in [3.8, 4) is 0 Å². The minimum atomic E-state index is -3.55. The molecule has 2 aromatic heterocycles. The van der Waals surface area contributed by atoms with Crippen molar-refractivity contribution >= 4 is 21.4 Å². The molecule has 0 amide bonds. The van der Waals surface area contributed by atoms with Crippen LogP contribution in [0.4, 0.5) is 0 Å². The first kappa shape index (κ1) is 20.9. The van der Waals surface area contributed by atoms with Gasteiger partial charge in [0.25, 0.3) is 10.0 Å². The number of aromatic nitrogens is 2. The summed E-state index contributed by atoms with van der Waals surface area (Å²) in [6, 6.07) is 2.99. The zero-order valence-corrected chi connectivity index (χ0v) is 18.0. The Morgan fingerprint density at radius 1 is 1.24 bits per heavy atom. The molecule has 0 saturated carbocycles. The molecule has 4 heterocycles. The fraction of sp³-hybridized carbons (Fsp3) is 0.684. The quantitative estimate of drug-likeness (QED) is 0.581. The van der Waals surface area contributed by atoms with Gasteiger partial charge in [-0.2, -0.15) is 9.29 Å². The van der Waals surface area contributed by atoms with Crippen molar-refractivity contribution < 1.29 is 22.4 Å². The minimum Gasteiger partial charge on any atom is -0.381 e. The maximum absolute atomic E-state index is 13.0. The molecule has 2 saturated heterocycles. The predicted molar refractivity (Wildman–Crippen MR) is 107 cm³/mol. The van der Waals surface area contributed by atoms with Gasteiger partial charge in [-0.1, -0.05) is 17.6 Å². The van der Waals surface area contributed by atoms with Gasteiger partial charge in [-0.15, -0.1) is 11.3 Å². The number of piperidine rings is 1. The second kappa shape index (κ2) is 9.65. The smallest absolute Gasteiger partial charge is 0.253 e. The molecular weight excluding hydrogens is 414 g/mol. The molecule has 160 valence electrons. The Kier molecular flexibility index (Phi) is 6.96. The van der Waals surface area contributed by atoms with E-state index in [1.807, 2.05) is 0 Å². The first-order chi connectivity index (χ1) is 14.1. The number of sulfonamides is 1. The standard InChI is InChI=1S/C19H27N3O5S2/c23-29(24,18-5-3-13-28-18)22-9-2-1-4-16(22)19-20-17(21-27-19)8-12-26-14-15-6-10-25-11-7-15/h3,5,13,15-16H,1-2,4,6-12,14H2. The van der Waals surface area contributed by atoms with Crippen molar-refractivity contribution in [3.63, 3.8) is 0 Å². The Labute approximate surface area is 175 Å². The van der Waals surface area contributed by atoms with E-state index in [0.717, 1.165) is 45.5 Å². The van der Waals surface area contributed by atoms with Gasteiger partial charge in [0.2, 0.25) is 5.89 Å². The number of rotatable bonds is 8. The summed E-state index contributed by atoms with van der Waals surface area (Å²) in [7, 11) is -3.55. The maximum Gasteiger partial charge on any atom is 0.253 e. The van der Waals surface area contributed by atoms with Gasteiger partial charge in [-0.05, 0) is 43.0 Å². The van der Waals surface area contributed by atoms with Crippen LogP contribution in [0.2, 0.25) is 0 Å². The zero-order valence-electron chi connectivity index (χ0n) is 16.4. The lowest BCUT2D eigenvalue weighted by Gasteiger charge is -2.31. The van der Waals surface area contributed by atoms with E-state index in [2.05, 4.69) is 10.1 Å².